The molecule has 1 aromatic heterocycles. The molecular formula is C30H32N4O8S. The summed E-state index contributed by atoms with van der Waals surface area (Å²) < 4.78 is 43.1. The second-order valence-corrected chi connectivity index (χ2v) is 12.2. The van der Waals surface area contributed by atoms with Gasteiger partial charge in [-0.2, -0.15) is 0 Å². The number of carbonyl (C=O) groups excluding carboxylic acids is 1. The van der Waals surface area contributed by atoms with E-state index in [9.17, 15) is 18.0 Å². The van der Waals surface area contributed by atoms with Crippen LogP contribution in [0.15, 0.2) is 71.8 Å². The lowest BCUT2D eigenvalue weighted by atomic mass is 10.1. The van der Waals surface area contributed by atoms with Crippen LogP contribution in [-0.2, 0) is 21.2 Å². The van der Waals surface area contributed by atoms with Crippen LogP contribution in [0.4, 0.5) is 16.3 Å². The number of fused-ring (bicyclic) bond motifs is 1. The highest BCUT2D eigenvalue weighted by Gasteiger charge is 2.27. The van der Waals surface area contributed by atoms with Gasteiger partial charge in [0.05, 0.1) is 24.4 Å². The number of ether oxygens (including phenoxy) is 3. The van der Waals surface area contributed by atoms with Gasteiger partial charge in [0.25, 0.3) is 5.91 Å². The SMILES string of the molecule is COc1ccc(C(Oc2ccc3c(N)nccc3c2)C(=O)NCc2cc(NC(=O)O)ccc2S(=O)(=O)C(C)C)cc1OC. The first-order chi connectivity index (χ1) is 20.4. The molecule has 1 heterocycles. The summed E-state index contributed by atoms with van der Waals surface area (Å²) in [5.41, 5.74) is 6.76. The van der Waals surface area contributed by atoms with Crippen molar-refractivity contribution >= 4 is 44.1 Å². The second-order valence-electron chi connectivity index (χ2n) is 9.76. The van der Waals surface area contributed by atoms with Crippen molar-refractivity contribution in [3.05, 3.63) is 78.0 Å². The van der Waals surface area contributed by atoms with Crippen LogP contribution in [0.25, 0.3) is 10.8 Å². The zero-order chi connectivity index (χ0) is 31.3. The summed E-state index contributed by atoms with van der Waals surface area (Å²) in [5.74, 6) is 0.946. The largest absolute Gasteiger partial charge is 0.493 e. The number of methoxy groups -OCH3 is 2. The summed E-state index contributed by atoms with van der Waals surface area (Å²) in [6, 6.07) is 15.8. The minimum Gasteiger partial charge on any atom is -0.493 e. The van der Waals surface area contributed by atoms with Gasteiger partial charge >= 0.3 is 6.09 Å². The summed E-state index contributed by atoms with van der Waals surface area (Å²) >= 11 is 0. The molecule has 3 aromatic carbocycles. The lowest BCUT2D eigenvalue weighted by Gasteiger charge is -2.21. The van der Waals surface area contributed by atoms with Crippen LogP contribution >= 0.6 is 0 Å². The first-order valence-electron chi connectivity index (χ1n) is 13.1. The Bertz CT molecular complexity index is 1780. The minimum absolute atomic E-state index is 0.0250. The predicted octanol–water partition coefficient (Wildman–Crippen LogP) is 4.54. The molecule has 0 saturated carbocycles. The number of amides is 2. The molecule has 1 atom stereocenters. The summed E-state index contributed by atoms with van der Waals surface area (Å²) in [6.07, 6.45) is -0.956. The second kappa shape index (κ2) is 12.9. The average molecular weight is 609 g/mol. The van der Waals surface area contributed by atoms with Gasteiger partial charge in [0.2, 0.25) is 6.10 Å². The molecule has 0 aliphatic carbocycles. The van der Waals surface area contributed by atoms with Crippen molar-refractivity contribution in [2.45, 2.75) is 36.6 Å². The molecule has 4 aromatic rings. The Kier molecular flexibility index (Phi) is 9.24. The Morgan fingerprint density at radius 1 is 0.977 bits per heavy atom. The van der Waals surface area contributed by atoms with E-state index in [-0.39, 0.29) is 22.7 Å². The van der Waals surface area contributed by atoms with Crippen LogP contribution in [0.3, 0.4) is 0 Å². The Labute approximate surface area is 248 Å². The third-order valence-corrected chi connectivity index (χ3v) is 8.91. The number of carboxylic acid groups (broad SMARTS) is 1. The number of hydrogen-bond acceptors (Lipinski definition) is 9. The third-order valence-electron chi connectivity index (χ3n) is 6.66. The van der Waals surface area contributed by atoms with Crippen LogP contribution in [0.1, 0.15) is 31.1 Å². The van der Waals surface area contributed by atoms with Crippen LogP contribution < -0.4 is 30.6 Å². The van der Waals surface area contributed by atoms with Gasteiger partial charge in [-0.05, 0) is 79.4 Å². The fourth-order valence-electron chi connectivity index (χ4n) is 4.40. The number of nitrogens with zero attached hydrogens (tertiary/aromatic N) is 1. The van der Waals surface area contributed by atoms with Gasteiger partial charge in [0, 0.05) is 29.4 Å². The fraction of sp³-hybridized carbons (Fsp3) is 0.233. The normalized spacial score (nSPS) is 12.0. The number of nitrogen functional groups attached to an aromatic ring is 1. The Hall–Kier alpha value is -5.04. The molecule has 0 aliphatic heterocycles. The summed E-state index contributed by atoms with van der Waals surface area (Å²) in [5, 5.41) is 14.8. The van der Waals surface area contributed by atoms with E-state index in [1.807, 2.05) is 0 Å². The van der Waals surface area contributed by atoms with Gasteiger partial charge in [0.15, 0.2) is 21.3 Å². The molecule has 0 radical (unpaired) electrons. The summed E-state index contributed by atoms with van der Waals surface area (Å²) in [6.45, 7) is 2.84. The molecule has 0 saturated heterocycles. The van der Waals surface area contributed by atoms with Gasteiger partial charge in [-0.25, -0.2) is 18.2 Å². The van der Waals surface area contributed by atoms with Crippen molar-refractivity contribution in [2.75, 3.05) is 25.3 Å². The van der Waals surface area contributed by atoms with Crippen LogP contribution in [0, 0.1) is 0 Å². The van der Waals surface area contributed by atoms with E-state index >= 15 is 0 Å². The number of nitrogens with two attached hydrogens (primary N) is 1. The molecule has 5 N–H and O–H groups in total. The van der Waals surface area contributed by atoms with Gasteiger partial charge in [-0.1, -0.05) is 6.07 Å². The maximum atomic E-state index is 13.8. The molecule has 43 heavy (non-hydrogen) atoms. The number of anilines is 2. The summed E-state index contributed by atoms with van der Waals surface area (Å²) in [7, 11) is -0.810. The minimum atomic E-state index is -3.77. The number of hydrogen-bond donors (Lipinski definition) is 4. The van der Waals surface area contributed by atoms with Crippen LogP contribution in [0.5, 0.6) is 17.2 Å². The first kappa shape index (κ1) is 30.9. The molecular weight excluding hydrogens is 576 g/mol. The molecule has 13 heteroatoms. The molecule has 1 unspecified atom stereocenters. The summed E-state index contributed by atoms with van der Waals surface area (Å²) in [4.78, 5) is 29.0. The Morgan fingerprint density at radius 3 is 2.40 bits per heavy atom. The Morgan fingerprint density at radius 2 is 1.72 bits per heavy atom. The van der Waals surface area contributed by atoms with Crippen molar-refractivity contribution in [1.29, 1.82) is 0 Å². The highest BCUT2D eigenvalue weighted by atomic mass is 32.2. The molecule has 0 bridgehead atoms. The molecule has 4 rings (SSSR count). The average Bonchev–Trinajstić information content (AvgIpc) is 2.98. The molecule has 226 valence electrons. The topological polar surface area (TPSA) is 179 Å². The number of pyridine rings is 1. The number of benzene rings is 3. The molecule has 12 nitrogen and oxygen atoms in total. The number of carbonyl (C=O) groups is 2. The quantitative estimate of drug-likeness (QED) is 0.189. The lowest BCUT2D eigenvalue weighted by Crippen LogP contribution is -2.32. The van der Waals surface area contributed by atoms with Crippen LogP contribution in [0.2, 0.25) is 0 Å². The van der Waals surface area contributed by atoms with E-state index in [0.717, 1.165) is 10.8 Å². The number of nitrogens with one attached hydrogen (secondary N) is 2. The van der Waals surface area contributed by atoms with Gasteiger partial charge in [-0.3, -0.25) is 10.1 Å². The highest BCUT2D eigenvalue weighted by Crippen LogP contribution is 2.33. The van der Waals surface area contributed by atoms with Crippen molar-refractivity contribution in [3.8, 4) is 17.2 Å². The number of rotatable bonds is 11. The van der Waals surface area contributed by atoms with E-state index in [0.29, 0.717) is 28.6 Å². The van der Waals surface area contributed by atoms with Gasteiger partial charge < -0.3 is 30.4 Å². The van der Waals surface area contributed by atoms with Crippen molar-refractivity contribution < 1.29 is 37.3 Å². The van der Waals surface area contributed by atoms with E-state index in [4.69, 9.17) is 25.1 Å². The standard InChI is InChI=1S/C30H32N4O8S/c1-17(2)43(38,39)26-10-6-21(34-30(36)37)13-20(26)16-33-29(35)27(19-5-9-24(40-3)25(15-19)41-4)42-22-7-8-23-18(14-22)11-12-32-28(23)31/h5-15,17,27,34H,16H2,1-4H3,(H2,31,32)(H,33,35)(H,36,37). The number of sulfone groups is 1. The monoisotopic (exact) mass is 608 g/mol. The number of aromatic nitrogens is 1. The van der Waals surface area contributed by atoms with E-state index in [1.165, 1.54) is 46.3 Å². The van der Waals surface area contributed by atoms with Crippen molar-refractivity contribution in [2.24, 2.45) is 0 Å². The van der Waals surface area contributed by atoms with E-state index in [1.54, 1.807) is 48.7 Å². The lowest BCUT2D eigenvalue weighted by molar-refractivity contribution is -0.128. The molecule has 2 amide bonds. The van der Waals surface area contributed by atoms with E-state index < -0.39 is 33.2 Å². The highest BCUT2D eigenvalue weighted by molar-refractivity contribution is 7.92. The zero-order valence-corrected chi connectivity index (χ0v) is 24.8. The van der Waals surface area contributed by atoms with Crippen molar-refractivity contribution in [1.82, 2.24) is 10.3 Å². The fourth-order valence-corrected chi connectivity index (χ4v) is 5.67. The van der Waals surface area contributed by atoms with Gasteiger partial charge in [-0.15, -0.1) is 0 Å². The Balaban J connectivity index is 1.71. The van der Waals surface area contributed by atoms with Crippen molar-refractivity contribution in [3.63, 3.8) is 0 Å². The smallest absolute Gasteiger partial charge is 0.409 e. The predicted molar refractivity (Wildman–Crippen MR) is 161 cm³/mol. The molecule has 0 fully saturated rings. The zero-order valence-electron chi connectivity index (χ0n) is 24.0. The maximum Gasteiger partial charge on any atom is 0.409 e. The van der Waals surface area contributed by atoms with E-state index in [2.05, 4.69) is 15.6 Å². The third kappa shape index (κ3) is 6.89. The molecule has 0 aliphatic rings. The first-order valence-corrected chi connectivity index (χ1v) is 14.7. The van der Waals surface area contributed by atoms with Crippen LogP contribution in [-0.4, -0.2) is 50.0 Å². The maximum absolute atomic E-state index is 13.8. The van der Waals surface area contributed by atoms with Gasteiger partial charge in [0.1, 0.15) is 11.6 Å². The molecule has 0 spiro atoms.